The summed E-state index contributed by atoms with van der Waals surface area (Å²) in [5.41, 5.74) is 4.17. The predicted octanol–water partition coefficient (Wildman–Crippen LogP) is 4.20. The van der Waals surface area contributed by atoms with Crippen LogP contribution < -0.4 is 10.6 Å². The second kappa shape index (κ2) is 9.76. The van der Waals surface area contributed by atoms with Crippen LogP contribution in [-0.4, -0.2) is 18.4 Å². The number of nitrogens with one attached hydrogen (secondary N) is 2. The highest BCUT2D eigenvalue weighted by atomic mass is 16.2. The van der Waals surface area contributed by atoms with E-state index >= 15 is 0 Å². The molecule has 0 heterocycles. The molecule has 4 nitrogen and oxygen atoms in total. The van der Waals surface area contributed by atoms with Gasteiger partial charge in [0.1, 0.15) is 6.42 Å². The lowest BCUT2D eigenvalue weighted by Crippen LogP contribution is -2.29. The topological polar surface area (TPSA) is 58.2 Å². The van der Waals surface area contributed by atoms with Gasteiger partial charge in [-0.25, -0.2) is 0 Å². The van der Waals surface area contributed by atoms with Crippen LogP contribution in [-0.2, 0) is 16.0 Å². The van der Waals surface area contributed by atoms with Crippen molar-refractivity contribution < 1.29 is 9.59 Å². The Labute approximate surface area is 156 Å². The summed E-state index contributed by atoms with van der Waals surface area (Å²) >= 11 is 0. The van der Waals surface area contributed by atoms with Gasteiger partial charge in [-0.05, 0) is 42.4 Å². The quantitative estimate of drug-likeness (QED) is 0.553. The highest BCUT2D eigenvalue weighted by Gasteiger charge is 2.14. The fourth-order valence-corrected chi connectivity index (χ4v) is 2.90. The molecule has 2 N–H and O–H groups in total. The molecule has 0 atom stereocenters. The lowest BCUT2D eigenvalue weighted by atomic mass is 9.98. The molecule has 0 aliphatic rings. The zero-order valence-corrected chi connectivity index (χ0v) is 15.8. The SMILES string of the molecule is Cc1cccc(C(C)C)c1NC(=O)CC(=O)NCCCc1ccccc1. The van der Waals surface area contributed by atoms with Crippen LogP contribution >= 0.6 is 0 Å². The summed E-state index contributed by atoms with van der Waals surface area (Å²) in [6.45, 7) is 6.71. The van der Waals surface area contributed by atoms with Gasteiger partial charge < -0.3 is 10.6 Å². The van der Waals surface area contributed by atoms with Crippen molar-refractivity contribution in [2.45, 2.75) is 46.0 Å². The molecule has 0 radical (unpaired) electrons. The molecule has 2 aromatic rings. The summed E-state index contributed by atoms with van der Waals surface area (Å²) in [7, 11) is 0. The van der Waals surface area contributed by atoms with Gasteiger partial charge in [-0.15, -0.1) is 0 Å². The van der Waals surface area contributed by atoms with Gasteiger partial charge in [-0.1, -0.05) is 62.4 Å². The molecule has 0 bridgehead atoms. The predicted molar refractivity (Wildman–Crippen MR) is 106 cm³/mol. The molecule has 2 amide bonds. The Kier molecular flexibility index (Phi) is 7.39. The molecule has 2 rings (SSSR count). The maximum absolute atomic E-state index is 12.2. The van der Waals surface area contributed by atoms with Crippen LogP contribution in [0.5, 0.6) is 0 Å². The summed E-state index contributed by atoms with van der Waals surface area (Å²) in [4.78, 5) is 24.2. The highest BCUT2D eigenvalue weighted by Crippen LogP contribution is 2.27. The molecule has 0 fully saturated rings. The van der Waals surface area contributed by atoms with Crippen LogP contribution in [0.15, 0.2) is 48.5 Å². The van der Waals surface area contributed by atoms with Crippen LogP contribution in [0, 0.1) is 6.92 Å². The van der Waals surface area contributed by atoms with Gasteiger partial charge in [0, 0.05) is 12.2 Å². The molecule has 26 heavy (non-hydrogen) atoms. The van der Waals surface area contributed by atoms with E-state index in [9.17, 15) is 9.59 Å². The monoisotopic (exact) mass is 352 g/mol. The fourth-order valence-electron chi connectivity index (χ4n) is 2.90. The Morgan fingerprint density at radius 1 is 0.962 bits per heavy atom. The van der Waals surface area contributed by atoms with Crippen molar-refractivity contribution in [2.24, 2.45) is 0 Å². The molecule has 0 aromatic heterocycles. The van der Waals surface area contributed by atoms with Crippen LogP contribution in [0.2, 0.25) is 0 Å². The van der Waals surface area contributed by atoms with E-state index < -0.39 is 0 Å². The van der Waals surface area contributed by atoms with E-state index in [-0.39, 0.29) is 18.2 Å². The molecular weight excluding hydrogens is 324 g/mol. The zero-order valence-electron chi connectivity index (χ0n) is 15.8. The number of hydrogen-bond donors (Lipinski definition) is 2. The molecular formula is C22H28N2O2. The first-order valence-corrected chi connectivity index (χ1v) is 9.17. The molecule has 138 valence electrons. The Hall–Kier alpha value is -2.62. The van der Waals surface area contributed by atoms with Crippen LogP contribution in [0.25, 0.3) is 0 Å². The molecule has 4 heteroatoms. The summed E-state index contributed by atoms with van der Waals surface area (Å²) in [6.07, 6.45) is 1.61. The van der Waals surface area contributed by atoms with Gasteiger partial charge in [0.25, 0.3) is 0 Å². The van der Waals surface area contributed by atoms with Gasteiger partial charge in [0.2, 0.25) is 11.8 Å². The average molecular weight is 352 g/mol. The normalized spacial score (nSPS) is 10.6. The Morgan fingerprint density at radius 3 is 2.38 bits per heavy atom. The molecule has 0 aliphatic heterocycles. The molecule has 0 unspecified atom stereocenters. The third-order valence-corrected chi connectivity index (χ3v) is 4.32. The van der Waals surface area contributed by atoms with Crippen LogP contribution in [0.1, 0.15) is 49.3 Å². The standard InChI is InChI=1S/C22H28N2O2/c1-16(2)19-13-7-9-17(3)22(19)24-21(26)15-20(25)23-14-8-12-18-10-5-4-6-11-18/h4-7,9-11,13,16H,8,12,14-15H2,1-3H3,(H,23,25)(H,24,26). The smallest absolute Gasteiger partial charge is 0.233 e. The Morgan fingerprint density at radius 2 is 1.69 bits per heavy atom. The van der Waals surface area contributed by atoms with Crippen molar-refractivity contribution in [3.05, 3.63) is 65.2 Å². The van der Waals surface area contributed by atoms with Gasteiger partial charge in [-0.2, -0.15) is 0 Å². The minimum Gasteiger partial charge on any atom is -0.356 e. The van der Waals surface area contributed by atoms with E-state index in [0.29, 0.717) is 12.5 Å². The number of amides is 2. The third-order valence-electron chi connectivity index (χ3n) is 4.32. The van der Waals surface area contributed by atoms with Crippen LogP contribution in [0.4, 0.5) is 5.69 Å². The van der Waals surface area contributed by atoms with E-state index in [2.05, 4.69) is 36.6 Å². The number of para-hydroxylation sites is 1. The fraction of sp³-hybridized carbons (Fsp3) is 0.364. The second-order valence-electron chi connectivity index (χ2n) is 6.86. The number of carbonyl (C=O) groups is 2. The lowest BCUT2D eigenvalue weighted by Gasteiger charge is -2.16. The van der Waals surface area contributed by atoms with E-state index in [4.69, 9.17) is 0 Å². The number of hydrogen-bond acceptors (Lipinski definition) is 2. The molecule has 0 aliphatic carbocycles. The molecule has 2 aromatic carbocycles. The molecule has 0 saturated carbocycles. The second-order valence-corrected chi connectivity index (χ2v) is 6.86. The molecule has 0 saturated heterocycles. The van der Waals surface area contributed by atoms with Gasteiger partial charge in [0.15, 0.2) is 0 Å². The highest BCUT2D eigenvalue weighted by molar-refractivity contribution is 6.04. The van der Waals surface area contributed by atoms with E-state index in [1.165, 1.54) is 5.56 Å². The summed E-state index contributed by atoms with van der Waals surface area (Å²) < 4.78 is 0. The van der Waals surface area contributed by atoms with Gasteiger partial charge >= 0.3 is 0 Å². The van der Waals surface area contributed by atoms with Crippen LogP contribution in [0.3, 0.4) is 0 Å². The zero-order chi connectivity index (χ0) is 18.9. The maximum atomic E-state index is 12.2. The first kappa shape index (κ1) is 19.7. The first-order chi connectivity index (χ1) is 12.5. The van der Waals surface area contributed by atoms with E-state index in [1.54, 1.807) is 0 Å². The third kappa shape index (κ3) is 6.03. The number of rotatable bonds is 8. The van der Waals surface area contributed by atoms with Crippen molar-refractivity contribution in [1.29, 1.82) is 0 Å². The van der Waals surface area contributed by atoms with Crippen molar-refractivity contribution in [2.75, 3.05) is 11.9 Å². The summed E-state index contributed by atoms with van der Waals surface area (Å²) in [5.74, 6) is -0.214. The number of aryl methyl sites for hydroxylation is 2. The van der Waals surface area contributed by atoms with E-state index in [0.717, 1.165) is 29.7 Å². The number of benzene rings is 2. The Balaban J connectivity index is 1.78. The van der Waals surface area contributed by atoms with Crippen molar-refractivity contribution in [3.8, 4) is 0 Å². The van der Waals surface area contributed by atoms with Gasteiger partial charge in [-0.3, -0.25) is 9.59 Å². The minimum absolute atomic E-state index is 0.156. The Bertz CT molecular complexity index is 739. The molecule has 0 spiro atoms. The first-order valence-electron chi connectivity index (χ1n) is 9.17. The minimum atomic E-state index is -0.276. The van der Waals surface area contributed by atoms with Crippen molar-refractivity contribution in [3.63, 3.8) is 0 Å². The van der Waals surface area contributed by atoms with Crippen molar-refractivity contribution in [1.82, 2.24) is 5.32 Å². The average Bonchev–Trinajstić information content (AvgIpc) is 2.61. The number of anilines is 1. The number of carbonyl (C=O) groups excluding carboxylic acids is 2. The van der Waals surface area contributed by atoms with E-state index in [1.807, 2.05) is 43.3 Å². The summed E-state index contributed by atoms with van der Waals surface area (Å²) in [6, 6.07) is 16.1. The van der Waals surface area contributed by atoms with Crippen molar-refractivity contribution >= 4 is 17.5 Å². The maximum Gasteiger partial charge on any atom is 0.233 e. The summed E-state index contributed by atoms with van der Waals surface area (Å²) in [5, 5.41) is 5.73. The lowest BCUT2D eigenvalue weighted by molar-refractivity contribution is -0.126. The largest absolute Gasteiger partial charge is 0.356 e. The van der Waals surface area contributed by atoms with Gasteiger partial charge in [0.05, 0.1) is 0 Å².